The predicted molar refractivity (Wildman–Crippen MR) is 125 cm³/mol. The Labute approximate surface area is 188 Å². The van der Waals surface area contributed by atoms with Gasteiger partial charge in [-0.05, 0) is 97.2 Å². The number of esters is 1. The van der Waals surface area contributed by atoms with E-state index in [0.29, 0.717) is 6.42 Å². The molecule has 0 aromatic carbocycles. The van der Waals surface area contributed by atoms with Crippen molar-refractivity contribution in [2.24, 2.45) is 5.73 Å². The van der Waals surface area contributed by atoms with Gasteiger partial charge in [-0.25, -0.2) is 0 Å². The summed E-state index contributed by atoms with van der Waals surface area (Å²) in [6, 6.07) is 3.88. The van der Waals surface area contributed by atoms with Gasteiger partial charge in [0.1, 0.15) is 11.6 Å². The monoisotopic (exact) mass is 433 g/mol. The van der Waals surface area contributed by atoms with Crippen LogP contribution in [0.3, 0.4) is 0 Å². The first-order valence-electron chi connectivity index (χ1n) is 11.9. The van der Waals surface area contributed by atoms with E-state index in [2.05, 4.69) is 24.0 Å². The van der Waals surface area contributed by atoms with E-state index in [4.69, 9.17) is 20.2 Å². The summed E-state index contributed by atoms with van der Waals surface area (Å²) in [5.41, 5.74) is 9.54. The summed E-state index contributed by atoms with van der Waals surface area (Å²) in [4.78, 5) is 19.4. The number of nitrogens with two attached hydrogens (primary N) is 1. The Morgan fingerprint density at radius 1 is 1.19 bits per heavy atom. The summed E-state index contributed by atoms with van der Waals surface area (Å²) in [5.74, 6) is -0.328. The van der Waals surface area contributed by atoms with Crippen LogP contribution in [0.25, 0.3) is 0 Å². The summed E-state index contributed by atoms with van der Waals surface area (Å²) in [6.45, 7) is 10.2. The molecule has 176 valence electrons. The van der Waals surface area contributed by atoms with Crippen LogP contribution in [-0.4, -0.2) is 60.3 Å². The lowest BCUT2D eigenvalue weighted by Crippen LogP contribution is -2.41. The Bertz CT molecular complexity index is 687. The third-order valence-electron chi connectivity index (χ3n) is 5.78. The van der Waals surface area contributed by atoms with Crippen LogP contribution in [0.5, 0.6) is 0 Å². The molecule has 6 nitrogen and oxygen atoms in total. The van der Waals surface area contributed by atoms with Crippen LogP contribution in [0, 0.1) is 0 Å². The summed E-state index contributed by atoms with van der Waals surface area (Å²) < 4.78 is 10.9. The third-order valence-corrected chi connectivity index (χ3v) is 5.78. The second kappa shape index (κ2) is 12.5. The van der Waals surface area contributed by atoms with E-state index in [1.54, 1.807) is 7.11 Å². The number of unbranched alkanes of at least 4 members (excludes halogenated alkanes) is 1. The summed E-state index contributed by atoms with van der Waals surface area (Å²) >= 11 is 0. The molecule has 1 aliphatic rings. The maximum Gasteiger partial charge on any atom is 0.323 e. The highest BCUT2D eigenvalue weighted by Crippen LogP contribution is 2.20. The smallest absolute Gasteiger partial charge is 0.323 e. The zero-order valence-electron chi connectivity index (χ0n) is 20.3. The van der Waals surface area contributed by atoms with Crippen molar-refractivity contribution in [3.05, 3.63) is 29.1 Å². The van der Waals surface area contributed by atoms with Gasteiger partial charge in [-0.1, -0.05) is 6.07 Å². The maximum absolute atomic E-state index is 12.2. The zero-order valence-corrected chi connectivity index (χ0v) is 20.3. The molecule has 0 unspecified atom stereocenters. The van der Waals surface area contributed by atoms with E-state index in [9.17, 15) is 4.79 Å². The van der Waals surface area contributed by atoms with Crippen LogP contribution in [-0.2, 0) is 33.5 Å². The van der Waals surface area contributed by atoms with E-state index in [1.165, 1.54) is 36.2 Å². The number of aryl methyl sites for hydroxylation is 3. The normalized spacial score (nSPS) is 16.1. The number of ether oxygens (including phenoxy) is 2. The van der Waals surface area contributed by atoms with Gasteiger partial charge in [-0.3, -0.25) is 9.78 Å². The highest BCUT2D eigenvalue weighted by molar-refractivity contribution is 5.75. The van der Waals surface area contributed by atoms with Gasteiger partial charge in [0.2, 0.25) is 0 Å². The molecule has 0 spiro atoms. The Kier molecular flexibility index (Phi) is 10.4. The molecule has 2 rings (SSSR count). The Morgan fingerprint density at radius 2 is 1.94 bits per heavy atom. The molecule has 2 N–H and O–H groups in total. The van der Waals surface area contributed by atoms with Gasteiger partial charge in [0.25, 0.3) is 0 Å². The molecule has 0 fully saturated rings. The third kappa shape index (κ3) is 9.67. The number of hydrogen-bond acceptors (Lipinski definition) is 6. The minimum Gasteiger partial charge on any atom is -0.459 e. The fraction of sp³-hybridized carbons (Fsp3) is 0.760. The Balaban J connectivity index is 1.78. The van der Waals surface area contributed by atoms with E-state index < -0.39 is 11.6 Å². The highest BCUT2D eigenvalue weighted by Gasteiger charge is 2.23. The average molecular weight is 434 g/mol. The van der Waals surface area contributed by atoms with Gasteiger partial charge in [0, 0.05) is 31.6 Å². The number of nitrogens with zero attached hydrogens (tertiary/aromatic N) is 2. The summed E-state index contributed by atoms with van der Waals surface area (Å²) in [5, 5.41) is 0. The number of rotatable bonds is 12. The minimum atomic E-state index is -0.598. The number of pyridine rings is 1. The fourth-order valence-corrected chi connectivity index (χ4v) is 3.96. The number of aromatic nitrogens is 1. The first-order valence-corrected chi connectivity index (χ1v) is 11.9. The van der Waals surface area contributed by atoms with Crippen molar-refractivity contribution in [2.45, 2.75) is 96.8 Å². The van der Waals surface area contributed by atoms with Crippen molar-refractivity contribution in [2.75, 3.05) is 26.7 Å². The van der Waals surface area contributed by atoms with Gasteiger partial charge in [0.15, 0.2) is 0 Å². The van der Waals surface area contributed by atoms with Gasteiger partial charge in [-0.2, -0.15) is 0 Å². The van der Waals surface area contributed by atoms with E-state index in [-0.39, 0.29) is 12.1 Å². The van der Waals surface area contributed by atoms with E-state index in [1.807, 2.05) is 20.8 Å². The standard InChI is InChI=1S/C25H43N3O3/c1-19(30-5)18-28(17-15-22(26)24(29)31-25(2,3)4)16-9-8-11-21-14-13-20-10-6-7-12-23(20)27-21/h13-14,19,22H,6-12,15-18,26H2,1-5H3/t19-,22+/m1/s1. The second-order valence-corrected chi connectivity index (χ2v) is 9.85. The number of methoxy groups -OCH3 is 1. The van der Waals surface area contributed by atoms with Crippen LogP contribution >= 0.6 is 0 Å². The lowest BCUT2D eigenvalue weighted by Gasteiger charge is -2.27. The molecule has 1 aliphatic carbocycles. The van der Waals surface area contributed by atoms with Crippen LogP contribution in [0.2, 0.25) is 0 Å². The predicted octanol–water partition coefficient (Wildman–Crippen LogP) is 3.68. The summed E-state index contributed by atoms with van der Waals surface area (Å²) in [7, 11) is 1.73. The molecule has 0 saturated heterocycles. The van der Waals surface area contributed by atoms with Gasteiger partial charge >= 0.3 is 5.97 Å². The molecule has 1 heterocycles. The molecule has 6 heteroatoms. The topological polar surface area (TPSA) is 77.7 Å². The molecular weight excluding hydrogens is 390 g/mol. The van der Waals surface area contributed by atoms with Gasteiger partial charge in [0.05, 0.1) is 6.10 Å². The number of carbonyl (C=O) groups excluding carboxylic acids is 1. The molecule has 1 aromatic heterocycles. The molecule has 0 saturated carbocycles. The van der Waals surface area contributed by atoms with Crippen LogP contribution in [0.4, 0.5) is 0 Å². The van der Waals surface area contributed by atoms with Gasteiger partial charge < -0.3 is 20.1 Å². The quantitative estimate of drug-likeness (QED) is 0.400. The maximum atomic E-state index is 12.2. The zero-order chi connectivity index (χ0) is 22.9. The van der Waals surface area contributed by atoms with Crippen molar-refractivity contribution in [1.82, 2.24) is 9.88 Å². The number of carbonyl (C=O) groups is 1. The van der Waals surface area contributed by atoms with Crippen LogP contribution in [0.1, 0.15) is 76.8 Å². The van der Waals surface area contributed by atoms with Crippen LogP contribution in [0.15, 0.2) is 12.1 Å². The lowest BCUT2D eigenvalue weighted by atomic mass is 9.95. The molecule has 0 amide bonds. The Hall–Kier alpha value is -1.50. The average Bonchev–Trinajstić information content (AvgIpc) is 2.73. The van der Waals surface area contributed by atoms with E-state index >= 15 is 0 Å². The first-order chi connectivity index (χ1) is 14.7. The number of hydrogen-bond donors (Lipinski definition) is 1. The highest BCUT2D eigenvalue weighted by atomic mass is 16.6. The second-order valence-electron chi connectivity index (χ2n) is 9.85. The van der Waals surface area contributed by atoms with Crippen molar-refractivity contribution in [1.29, 1.82) is 0 Å². The molecule has 2 atom stereocenters. The largest absolute Gasteiger partial charge is 0.459 e. The van der Waals surface area contributed by atoms with Crippen LogP contribution < -0.4 is 5.73 Å². The molecule has 1 aromatic rings. The lowest BCUT2D eigenvalue weighted by molar-refractivity contribution is -0.156. The van der Waals surface area contributed by atoms with Crippen molar-refractivity contribution in [3.8, 4) is 0 Å². The molecule has 0 aliphatic heterocycles. The number of fused-ring (bicyclic) bond motifs is 1. The molecule has 0 bridgehead atoms. The van der Waals surface area contributed by atoms with Crippen molar-refractivity contribution in [3.63, 3.8) is 0 Å². The SMILES string of the molecule is CO[C@H](C)CN(CCCCc1ccc2c(n1)CCCC2)CC[C@H](N)C(=O)OC(C)(C)C. The van der Waals surface area contributed by atoms with E-state index in [0.717, 1.165) is 45.3 Å². The minimum absolute atomic E-state index is 0.139. The fourth-order valence-electron chi connectivity index (χ4n) is 3.96. The molecular formula is C25H43N3O3. The van der Waals surface area contributed by atoms with Crippen molar-refractivity contribution < 1.29 is 14.3 Å². The van der Waals surface area contributed by atoms with Crippen molar-refractivity contribution >= 4 is 5.97 Å². The Morgan fingerprint density at radius 3 is 2.65 bits per heavy atom. The molecule has 31 heavy (non-hydrogen) atoms. The first kappa shape index (κ1) is 25.8. The van der Waals surface area contributed by atoms with Gasteiger partial charge in [-0.15, -0.1) is 0 Å². The molecule has 0 radical (unpaired) electrons. The summed E-state index contributed by atoms with van der Waals surface area (Å²) in [6.07, 6.45) is 8.78.